The number of aromatic nitrogens is 2. The molecule has 1 fully saturated rings. The normalized spacial score (nSPS) is 19.5. The molecule has 4 unspecified atom stereocenters. The van der Waals surface area contributed by atoms with Gasteiger partial charge in [0.05, 0.1) is 19.3 Å². The van der Waals surface area contributed by atoms with Crippen LogP contribution in [0.3, 0.4) is 0 Å². The Morgan fingerprint density at radius 3 is 2.00 bits per heavy atom. The fraction of sp³-hybridized carbons (Fsp3) is 0.706. The van der Waals surface area contributed by atoms with Crippen molar-refractivity contribution in [1.29, 1.82) is 0 Å². The number of para-hydroxylation sites is 1. The van der Waals surface area contributed by atoms with Gasteiger partial charge in [0.15, 0.2) is 0 Å². The van der Waals surface area contributed by atoms with E-state index < -0.39 is 37.5 Å². The van der Waals surface area contributed by atoms with Crippen LogP contribution in [0.25, 0.3) is 0 Å². The van der Waals surface area contributed by atoms with Crippen LogP contribution in [0.15, 0.2) is 46.1 Å². The maximum atomic E-state index is 13.6. The standard InChI is InChI=1S/C34H55N2O8P/c1-3-4-5-6-7-8-9-10-11-12-13-14-15-16-17-21-24-41-45(40,44-29-22-19-18-20-23-29)42-27-31-30(37)25-32(43-31)36-26-28(2)33(38)35-34(36)39/h18-20,22-23,26,30-32,37H,3-17,21,24-25,27H2,1-2H3,(H,35,38,39). The molecule has 2 N–H and O–H groups in total. The monoisotopic (exact) mass is 650 g/mol. The molecule has 0 aliphatic carbocycles. The minimum Gasteiger partial charge on any atom is -0.404 e. The van der Waals surface area contributed by atoms with Gasteiger partial charge in [-0.2, -0.15) is 0 Å². The smallest absolute Gasteiger partial charge is 0.404 e. The van der Waals surface area contributed by atoms with Crippen molar-refractivity contribution in [3.8, 4) is 5.75 Å². The zero-order valence-corrected chi connectivity index (χ0v) is 28.2. The van der Waals surface area contributed by atoms with Crippen molar-refractivity contribution in [2.45, 2.75) is 141 Å². The zero-order chi connectivity index (χ0) is 32.3. The fourth-order valence-electron chi connectivity index (χ4n) is 5.53. The predicted octanol–water partition coefficient (Wildman–Crippen LogP) is 7.98. The van der Waals surface area contributed by atoms with E-state index in [-0.39, 0.29) is 19.6 Å². The lowest BCUT2D eigenvalue weighted by Crippen LogP contribution is -2.33. The number of nitrogens with zero attached hydrogens (tertiary/aromatic N) is 1. The Hall–Kier alpha value is -2.23. The number of rotatable bonds is 24. The Bertz CT molecular complexity index is 1250. The Balaban J connectivity index is 1.34. The highest BCUT2D eigenvalue weighted by atomic mass is 31.2. The molecule has 1 saturated heterocycles. The number of aryl methyl sites for hydroxylation is 1. The summed E-state index contributed by atoms with van der Waals surface area (Å²) in [5, 5.41) is 10.6. The van der Waals surface area contributed by atoms with Gasteiger partial charge in [0, 0.05) is 18.2 Å². The number of unbranched alkanes of at least 4 members (excludes halogenated alkanes) is 15. The van der Waals surface area contributed by atoms with Crippen LogP contribution in [0.5, 0.6) is 5.75 Å². The summed E-state index contributed by atoms with van der Waals surface area (Å²) in [5.41, 5.74) is -0.768. The molecule has 1 aromatic heterocycles. The van der Waals surface area contributed by atoms with E-state index in [4.69, 9.17) is 18.3 Å². The molecule has 45 heavy (non-hydrogen) atoms. The first-order chi connectivity index (χ1) is 21.8. The van der Waals surface area contributed by atoms with Crippen molar-refractivity contribution < 1.29 is 28.0 Å². The first-order valence-corrected chi connectivity index (χ1v) is 18.6. The molecule has 3 rings (SSSR count). The lowest BCUT2D eigenvalue weighted by molar-refractivity contribution is -0.0461. The molecular formula is C34H55N2O8P. The van der Waals surface area contributed by atoms with Gasteiger partial charge in [0.2, 0.25) is 0 Å². The van der Waals surface area contributed by atoms with Crippen LogP contribution in [-0.2, 0) is 18.3 Å². The Morgan fingerprint density at radius 2 is 1.42 bits per heavy atom. The molecule has 4 atom stereocenters. The molecule has 2 heterocycles. The van der Waals surface area contributed by atoms with Gasteiger partial charge in [-0.05, 0) is 25.5 Å². The van der Waals surface area contributed by atoms with Gasteiger partial charge in [0.1, 0.15) is 18.1 Å². The minimum absolute atomic E-state index is 0.101. The SMILES string of the molecule is CCCCCCCCCCCCCCCCCCOP(=O)(OCC1OC(n2cc(C)c(=O)[nH]c2=O)CC1O)Oc1ccccc1. The molecule has 1 aliphatic rings. The van der Waals surface area contributed by atoms with Gasteiger partial charge in [-0.3, -0.25) is 23.4 Å². The van der Waals surface area contributed by atoms with Crippen LogP contribution in [0.4, 0.5) is 0 Å². The predicted molar refractivity (Wildman–Crippen MR) is 177 cm³/mol. The van der Waals surface area contributed by atoms with Crippen LogP contribution in [0.1, 0.15) is 128 Å². The van der Waals surface area contributed by atoms with Crippen molar-refractivity contribution in [3.05, 3.63) is 62.9 Å². The zero-order valence-electron chi connectivity index (χ0n) is 27.3. The highest BCUT2D eigenvalue weighted by Gasteiger charge is 2.39. The lowest BCUT2D eigenvalue weighted by atomic mass is 10.0. The molecule has 2 aromatic rings. The number of phosphoric acid groups is 1. The number of hydrogen-bond acceptors (Lipinski definition) is 8. The number of aliphatic hydroxyl groups excluding tert-OH is 1. The largest absolute Gasteiger partial charge is 0.530 e. The van der Waals surface area contributed by atoms with Crippen molar-refractivity contribution in [2.75, 3.05) is 13.2 Å². The number of aliphatic hydroxyl groups is 1. The first-order valence-electron chi connectivity index (χ1n) is 17.1. The summed E-state index contributed by atoms with van der Waals surface area (Å²) >= 11 is 0. The van der Waals surface area contributed by atoms with Crippen molar-refractivity contribution in [3.63, 3.8) is 0 Å². The molecular weight excluding hydrogens is 595 g/mol. The lowest BCUT2D eigenvalue weighted by Gasteiger charge is -2.21. The van der Waals surface area contributed by atoms with Crippen molar-refractivity contribution in [1.82, 2.24) is 9.55 Å². The maximum absolute atomic E-state index is 13.6. The fourth-order valence-corrected chi connectivity index (χ4v) is 6.77. The summed E-state index contributed by atoms with van der Waals surface area (Å²) in [4.78, 5) is 26.2. The third kappa shape index (κ3) is 14.0. The average Bonchev–Trinajstić information content (AvgIpc) is 3.40. The molecule has 0 amide bonds. The first kappa shape index (κ1) is 37.2. The third-order valence-corrected chi connectivity index (χ3v) is 9.66. The van der Waals surface area contributed by atoms with E-state index in [1.165, 1.54) is 94.2 Å². The van der Waals surface area contributed by atoms with E-state index in [0.29, 0.717) is 11.3 Å². The quantitative estimate of drug-likeness (QED) is 0.0865. The summed E-state index contributed by atoms with van der Waals surface area (Å²) < 4.78 is 37.7. The molecule has 0 radical (unpaired) electrons. The van der Waals surface area contributed by atoms with E-state index in [2.05, 4.69) is 11.9 Å². The highest BCUT2D eigenvalue weighted by Crippen LogP contribution is 2.50. The second-order valence-corrected chi connectivity index (χ2v) is 13.8. The molecule has 10 nitrogen and oxygen atoms in total. The van der Waals surface area contributed by atoms with E-state index in [0.717, 1.165) is 19.3 Å². The number of hydrogen-bond donors (Lipinski definition) is 2. The van der Waals surface area contributed by atoms with Crippen LogP contribution in [-0.4, -0.2) is 40.1 Å². The van der Waals surface area contributed by atoms with Crippen LogP contribution in [0.2, 0.25) is 0 Å². The number of H-pyrrole nitrogens is 1. The summed E-state index contributed by atoms with van der Waals surface area (Å²) in [6.07, 6.45) is 19.0. The van der Waals surface area contributed by atoms with E-state index >= 15 is 0 Å². The van der Waals surface area contributed by atoms with E-state index in [1.807, 2.05) is 6.07 Å². The summed E-state index contributed by atoms with van der Waals surface area (Å²) in [6, 6.07) is 8.66. The number of benzene rings is 1. The second kappa shape index (κ2) is 20.8. The molecule has 0 saturated carbocycles. The number of phosphoric ester groups is 1. The van der Waals surface area contributed by atoms with Crippen LogP contribution >= 0.6 is 7.82 Å². The van der Waals surface area contributed by atoms with Crippen molar-refractivity contribution in [2.24, 2.45) is 0 Å². The highest BCUT2D eigenvalue weighted by molar-refractivity contribution is 7.48. The second-order valence-electron chi connectivity index (χ2n) is 12.2. The topological polar surface area (TPSA) is 129 Å². The van der Waals surface area contributed by atoms with Crippen LogP contribution in [0, 0.1) is 6.92 Å². The maximum Gasteiger partial charge on any atom is 0.530 e. The minimum atomic E-state index is -4.03. The van der Waals surface area contributed by atoms with Gasteiger partial charge in [0.25, 0.3) is 5.56 Å². The van der Waals surface area contributed by atoms with Crippen molar-refractivity contribution >= 4 is 7.82 Å². The molecule has 1 aliphatic heterocycles. The van der Waals surface area contributed by atoms with Gasteiger partial charge < -0.3 is 14.4 Å². The van der Waals surface area contributed by atoms with Gasteiger partial charge >= 0.3 is 13.5 Å². The Kier molecular flexibility index (Phi) is 17.2. The average molecular weight is 651 g/mol. The summed E-state index contributed by atoms with van der Waals surface area (Å²) in [7, 11) is -4.03. The van der Waals surface area contributed by atoms with Crippen LogP contribution < -0.4 is 15.8 Å². The van der Waals surface area contributed by atoms with Gasteiger partial charge in [-0.1, -0.05) is 121 Å². The van der Waals surface area contributed by atoms with E-state index in [9.17, 15) is 19.3 Å². The van der Waals surface area contributed by atoms with Gasteiger partial charge in [-0.15, -0.1) is 0 Å². The van der Waals surface area contributed by atoms with E-state index in [1.54, 1.807) is 31.2 Å². The number of nitrogens with one attached hydrogen (secondary N) is 1. The molecule has 254 valence electrons. The molecule has 0 bridgehead atoms. The summed E-state index contributed by atoms with van der Waals surface area (Å²) in [6.45, 7) is 3.79. The number of aromatic amines is 1. The third-order valence-electron chi connectivity index (χ3n) is 8.26. The molecule has 0 spiro atoms. The molecule has 11 heteroatoms. The van der Waals surface area contributed by atoms with Gasteiger partial charge in [-0.25, -0.2) is 9.36 Å². The number of ether oxygens (including phenoxy) is 1. The summed E-state index contributed by atoms with van der Waals surface area (Å²) in [5.74, 6) is 0.342. The molecule has 1 aromatic carbocycles. The Morgan fingerprint density at radius 1 is 0.867 bits per heavy atom. The Labute approximate surface area is 268 Å².